The second-order valence-corrected chi connectivity index (χ2v) is 7.27. The lowest BCUT2D eigenvalue weighted by atomic mass is 10.2. The number of aromatic nitrogens is 4. The number of carbonyl (C=O) groups excluding carboxylic acids is 1. The predicted octanol–water partition coefficient (Wildman–Crippen LogP) is 5.30. The van der Waals surface area contributed by atoms with Crippen molar-refractivity contribution >= 4 is 17.4 Å². The molecule has 8 nitrogen and oxygen atoms in total. The Labute approximate surface area is 188 Å². The topological polar surface area (TPSA) is 94.0 Å². The maximum atomic E-state index is 13.2. The Balaban J connectivity index is 1.36. The van der Waals surface area contributed by atoms with Gasteiger partial charge in [-0.15, -0.1) is 10.2 Å². The zero-order chi connectivity index (χ0) is 23.5. The normalized spacial score (nSPS) is 10.7. The van der Waals surface area contributed by atoms with E-state index >= 15 is 0 Å². The monoisotopic (exact) mass is 450 g/mol. The van der Waals surface area contributed by atoms with Crippen molar-refractivity contribution in [3.8, 4) is 17.4 Å². The van der Waals surface area contributed by atoms with E-state index in [0.717, 1.165) is 29.1 Å². The van der Waals surface area contributed by atoms with Gasteiger partial charge >= 0.3 is 6.03 Å². The fraction of sp³-hybridized carbons (Fsp3) is 0.130. The first-order valence-electron chi connectivity index (χ1n) is 9.98. The summed E-state index contributed by atoms with van der Waals surface area (Å²) in [5.41, 5.74) is 3.63. The maximum Gasteiger partial charge on any atom is 0.323 e. The Morgan fingerprint density at radius 3 is 2.18 bits per heavy atom. The molecule has 2 heterocycles. The molecule has 0 aliphatic carbocycles. The van der Waals surface area contributed by atoms with Crippen molar-refractivity contribution in [1.82, 2.24) is 20.0 Å². The molecule has 0 aliphatic rings. The highest BCUT2D eigenvalue weighted by Gasteiger charge is 2.11. The summed E-state index contributed by atoms with van der Waals surface area (Å²) in [4.78, 5) is 12.1. The van der Waals surface area contributed by atoms with Gasteiger partial charge in [-0.3, -0.25) is 0 Å². The number of hydrogen-bond acceptors (Lipinski definition) is 5. The molecule has 4 rings (SSSR count). The summed E-state index contributed by atoms with van der Waals surface area (Å²) in [5, 5.41) is 17.8. The van der Waals surface area contributed by atoms with E-state index in [2.05, 4.69) is 25.9 Å². The van der Waals surface area contributed by atoms with Gasteiger partial charge in [-0.2, -0.15) is 5.10 Å². The average molecular weight is 450 g/mol. The number of halogens is 2. The lowest BCUT2D eigenvalue weighted by Crippen LogP contribution is -2.19. The van der Waals surface area contributed by atoms with Crippen LogP contribution in [0.15, 0.2) is 54.6 Å². The van der Waals surface area contributed by atoms with Crippen molar-refractivity contribution in [2.75, 3.05) is 10.6 Å². The summed E-state index contributed by atoms with van der Waals surface area (Å²) in [7, 11) is 0. The quantitative estimate of drug-likeness (QED) is 0.430. The number of ether oxygens (including phenoxy) is 1. The second-order valence-electron chi connectivity index (χ2n) is 7.27. The van der Waals surface area contributed by atoms with Gasteiger partial charge in [0, 0.05) is 29.2 Å². The van der Waals surface area contributed by atoms with E-state index in [4.69, 9.17) is 4.74 Å². The summed E-state index contributed by atoms with van der Waals surface area (Å²) in [6.45, 7) is 5.91. The van der Waals surface area contributed by atoms with Crippen LogP contribution < -0.4 is 15.4 Å². The minimum atomic E-state index is -1.05. The van der Waals surface area contributed by atoms with E-state index in [9.17, 15) is 13.6 Å². The molecule has 0 bridgehead atoms. The number of benzene rings is 2. The van der Waals surface area contributed by atoms with E-state index < -0.39 is 17.7 Å². The number of aryl methyl sites for hydroxylation is 1. The van der Waals surface area contributed by atoms with Crippen molar-refractivity contribution in [1.29, 1.82) is 0 Å². The van der Waals surface area contributed by atoms with E-state index in [-0.39, 0.29) is 5.69 Å². The van der Waals surface area contributed by atoms with Crippen molar-refractivity contribution in [3.05, 3.63) is 83.2 Å². The fourth-order valence-corrected chi connectivity index (χ4v) is 3.02. The van der Waals surface area contributed by atoms with Crippen molar-refractivity contribution in [2.24, 2.45) is 0 Å². The lowest BCUT2D eigenvalue weighted by Gasteiger charge is -2.09. The molecule has 0 spiro atoms. The van der Waals surface area contributed by atoms with Crippen LogP contribution in [-0.4, -0.2) is 26.0 Å². The molecule has 0 atom stereocenters. The lowest BCUT2D eigenvalue weighted by molar-refractivity contribution is 0.262. The average Bonchev–Trinajstić information content (AvgIpc) is 3.05. The number of nitrogens with one attached hydrogen (secondary N) is 2. The molecule has 10 heteroatoms. The molecule has 168 valence electrons. The first-order valence-corrected chi connectivity index (χ1v) is 9.98. The van der Waals surface area contributed by atoms with Crippen LogP contribution in [0.3, 0.4) is 0 Å². The Kier molecular flexibility index (Phi) is 5.99. The van der Waals surface area contributed by atoms with Crippen LogP contribution >= 0.6 is 0 Å². The van der Waals surface area contributed by atoms with Crippen molar-refractivity contribution in [3.63, 3.8) is 0 Å². The predicted molar refractivity (Wildman–Crippen MR) is 119 cm³/mol. The van der Waals surface area contributed by atoms with Gasteiger partial charge in [0.25, 0.3) is 0 Å². The summed E-state index contributed by atoms with van der Waals surface area (Å²) < 4.78 is 33.7. The van der Waals surface area contributed by atoms with Crippen LogP contribution in [-0.2, 0) is 0 Å². The van der Waals surface area contributed by atoms with E-state index in [1.807, 2.05) is 20.8 Å². The molecule has 0 saturated heterocycles. The van der Waals surface area contributed by atoms with Crippen molar-refractivity contribution < 1.29 is 18.3 Å². The molecule has 0 aliphatic heterocycles. The molecule has 0 fully saturated rings. The Morgan fingerprint density at radius 1 is 0.879 bits per heavy atom. The highest BCUT2D eigenvalue weighted by Crippen LogP contribution is 2.22. The van der Waals surface area contributed by atoms with Gasteiger partial charge in [0.1, 0.15) is 5.75 Å². The zero-order valence-corrected chi connectivity index (χ0v) is 18.1. The van der Waals surface area contributed by atoms with E-state index in [1.54, 1.807) is 41.1 Å². The third kappa shape index (κ3) is 4.95. The van der Waals surface area contributed by atoms with Crippen LogP contribution in [0.25, 0.3) is 5.82 Å². The number of anilines is 2. The minimum Gasteiger partial charge on any atom is -0.438 e. The molecule has 2 aromatic carbocycles. The number of nitrogens with zero attached hydrogens (tertiary/aromatic N) is 4. The van der Waals surface area contributed by atoms with Crippen LogP contribution in [0.1, 0.15) is 17.0 Å². The highest BCUT2D eigenvalue weighted by atomic mass is 19.2. The number of hydrogen-bond donors (Lipinski definition) is 2. The number of urea groups is 1. The van der Waals surface area contributed by atoms with E-state index in [0.29, 0.717) is 23.1 Å². The standard InChI is InChI=1S/C23H20F2N6O2/c1-13-14(2)30-31(15(13)3)21-10-11-22(29-28-21)33-18-7-4-16(5-8-18)26-23(32)27-17-6-9-19(24)20(25)12-17/h4-12H,1-3H3,(H2,26,27,32). The molecule has 0 radical (unpaired) electrons. The molecule has 0 saturated carbocycles. The first kappa shape index (κ1) is 21.9. The maximum absolute atomic E-state index is 13.2. The third-order valence-corrected chi connectivity index (χ3v) is 5.01. The summed E-state index contributed by atoms with van der Waals surface area (Å²) in [6.07, 6.45) is 0. The first-order chi connectivity index (χ1) is 15.8. The van der Waals surface area contributed by atoms with Gasteiger partial charge in [0.2, 0.25) is 5.88 Å². The van der Waals surface area contributed by atoms with E-state index in [1.165, 1.54) is 6.07 Å². The molecular weight excluding hydrogens is 430 g/mol. The number of rotatable bonds is 5. The second kappa shape index (κ2) is 9.03. The van der Waals surface area contributed by atoms with Crippen LogP contribution in [0.5, 0.6) is 11.6 Å². The molecule has 2 N–H and O–H groups in total. The highest BCUT2D eigenvalue weighted by molar-refractivity contribution is 5.99. The van der Waals surface area contributed by atoms with Gasteiger partial charge in [-0.1, -0.05) is 0 Å². The van der Waals surface area contributed by atoms with Gasteiger partial charge in [-0.05, 0) is 68.8 Å². The SMILES string of the molecule is Cc1nn(-c2ccc(Oc3ccc(NC(=O)Nc4ccc(F)c(F)c4)cc3)nn2)c(C)c1C. The molecule has 2 aromatic heterocycles. The molecule has 33 heavy (non-hydrogen) atoms. The molecule has 2 amide bonds. The van der Waals surface area contributed by atoms with Crippen LogP contribution in [0, 0.1) is 32.4 Å². The van der Waals surface area contributed by atoms with Gasteiger partial charge in [0.15, 0.2) is 17.5 Å². The zero-order valence-electron chi connectivity index (χ0n) is 18.1. The Morgan fingerprint density at radius 2 is 1.58 bits per heavy atom. The van der Waals surface area contributed by atoms with Crippen LogP contribution in [0.2, 0.25) is 0 Å². The van der Waals surface area contributed by atoms with Crippen LogP contribution in [0.4, 0.5) is 25.0 Å². The fourth-order valence-electron chi connectivity index (χ4n) is 3.02. The summed E-state index contributed by atoms with van der Waals surface area (Å²) in [5.74, 6) is -0.657. The molecule has 4 aromatic rings. The number of amides is 2. The molecular formula is C23H20F2N6O2. The van der Waals surface area contributed by atoms with Gasteiger partial charge < -0.3 is 15.4 Å². The van der Waals surface area contributed by atoms with Gasteiger partial charge in [0.05, 0.1) is 5.69 Å². The van der Waals surface area contributed by atoms with Crippen molar-refractivity contribution in [2.45, 2.75) is 20.8 Å². The Bertz CT molecular complexity index is 1300. The third-order valence-electron chi connectivity index (χ3n) is 5.01. The molecule has 0 unspecified atom stereocenters. The smallest absolute Gasteiger partial charge is 0.323 e. The summed E-state index contributed by atoms with van der Waals surface area (Å²) in [6, 6.07) is 12.5. The minimum absolute atomic E-state index is 0.129. The largest absolute Gasteiger partial charge is 0.438 e. The summed E-state index contributed by atoms with van der Waals surface area (Å²) >= 11 is 0. The van der Waals surface area contributed by atoms with Gasteiger partial charge in [-0.25, -0.2) is 18.3 Å². The number of carbonyl (C=O) groups is 1. The Hall–Kier alpha value is -4.34.